The van der Waals surface area contributed by atoms with Crippen LogP contribution in [0.15, 0.2) is 0 Å². The Balaban J connectivity index is 2.87. The Labute approximate surface area is 81.3 Å². The van der Waals surface area contributed by atoms with E-state index in [1.165, 1.54) is 32.1 Å². The number of carbonyl (C=O) groups is 1. The van der Waals surface area contributed by atoms with Gasteiger partial charge in [-0.25, -0.2) is 0 Å². The molecule has 0 aliphatic heterocycles. The zero-order valence-corrected chi connectivity index (χ0v) is 8.59. The van der Waals surface area contributed by atoms with Crippen LogP contribution < -0.4 is 0 Å². The predicted octanol–water partition coefficient (Wildman–Crippen LogP) is 3.42. The van der Waals surface area contributed by atoms with Gasteiger partial charge in [-0.1, -0.05) is 45.4 Å². The van der Waals surface area contributed by atoms with E-state index in [1.54, 1.807) is 0 Å². The third kappa shape index (κ3) is 11.5. The summed E-state index contributed by atoms with van der Waals surface area (Å²) in [6.07, 6.45) is 10.7. The maximum absolute atomic E-state index is 10.1. The van der Waals surface area contributed by atoms with Crippen LogP contribution in [-0.4, -0.2) is 11.1 Å². The van der Waals surface area contributed by atoms with Crippen molar-refractivity contribution in [2.45, 2.75) is 58.3 Å². The lowest BCUT2D eigenvalue weighted by Gasteiger charge is -1.99. The van der Waals surface area contributed by atoms with Gasteiger partial charge < -0.3 is 5.11 Å². The van der Waals surface area contributed by atoms with Crippen LogP contribution in [0.25, 0.3) is 0 Å². The van der Waals surface area contributed by atoms with Gasteiger partial charge in [0, 0.05) is 6.42 Å². The van der Waals surface area contributed by atoms with Gasteiger partial charge in [0.15, 0.2) is 0 Å². The first-order valence-corrected chi connectivity index (χ1v) is 5.30. The van der Waals surface area contributed by atoms with Crippen molar-refractivity contribution in [3.63, 3.8) is 0 Å². The minimum Gasteiger partial charge on any atom is -0.481 e. The van der Waals surface area contributed by atoms with Gasteiger partial charge in [-0.05, 0) is 12.8 Å². The number of aliphatic carboxylic acids is 1. The number of carboxylic acids is 1. The number of unbranched alkanes of at least 4 members (excludes halogenated alkanes) is 7. The third-order valence-corrected chi connectivity index (χ3v) is 2.08. The number of rotatable bonds is 9. The molecule has 0 rings (SSSR count). The van der Waals surface area contributed by atoms with Crippen molar-refractivity contribution < 1.29 is 9.90 Å². The first-order chi connectivity index (χ1) is 6.27. The Hall–Kier alpha value is -0.530. The molecule has 77 valence electrons. The topological polar surface area (TPSA) is 37.3 Å². The molecule has 2 nitrogen and oxygen atoms in total. The fourth-order valence-corrected chi connectivity index (χ4v) is 1.29. The van der Waals surface area contributed by atoms with Gasteiger partial charge in [0.1, 0.15) is 0 Å². The molecule has 0 aliphatic carbocycles. The summed E-state index contributed by atoms with van der Waals surface area (Å²) in [4.78, 5) is 10.1. The van der Waals surface area contributed by atoms with Crippen LogP contribution >= 0.6 is 0 Å². The summed E-state index contributed by atoms with van der Waals surface area (Å²) in [5.41, 5.74) is 0. The summed E-state index contributed by atoms with van der Waals surface area (Å²) < 4.78 is 0. The average molecular weight is 185 g/mol. The van der Waals surface area contributed by atoms with Crippen LogP contribution in [0.5, 0.6) is 0 Å². The van der Waals surface area contributed by atoms with Crippen molar-refractivity contribution in [1.29, 1.82) is 0 Å². The molecule has 0 amide bonds. The van der Waals surface area contributed by atoms with E-state index in [4.69, 9.17) is 5.11 Å². The summed E-state index contributed by atoms with van der Waals surface area (Å²) >= 11 is 0. The molecule has 0 aromatic carbocycles. The van der Waals surface area contributed by atoms with Crippen molar-refractivity contribution in [1.82, 2.24) is 0 Å². The Kier molecular flexibility index (Phi) is 9.17. The molecular weight excluding hydrogens is 164 g/mol. The van der Waals surface area contributed by atoms with Crippen LogP contribution in [0.1, 0.15) is 58.3 Å². The van der Waals surface area contributed by atoms with Crippen LogP contribution in [0.3, 0.4) is 0 Å². The molecule has 1 radical (unpaired) electrons. The molecule has 1 N–H and O–H groups in total. The molecular formula is C11H21O2. The van der Waals surface area contributed by atoms with Crippen molar-refractivity contribution in [3.8, 4) is 0 Å². The minimum absolute atomic E-state index is 0.217. The van der Waals surface area contributed by atoms with E-state index < -0.39 is 5.97 Å². The van der Waals surface area contributed by atoms with E-state index in [0.29, 0.717) is 0 Å². The van der Waals surface area contributed by atoms with Gasteiger partial charge >= 0.3 is 5.97 Å². The molecule has 0 aromatic heterocycles. The summed E-state index contributed by atoms with van der Waals surface area (Å²) in [6.45, 7) is 2.21. The van der Waals surface area contributed by atoms with Crippen LogP contribution in [0.4, 0.5) is 0 Å². The smallest absolute Gasteiger partial charge is 0.303 e. The lowest BCUT2D eigenvalue weighted by Crippen LogP contribution is -1.94. The average Bonchev–Trinajstić information content (AvgIpc) is 2.09. The first-order valence-electron chi connectivity index (χ1n) is 5.30. The van der Waals surface area contributed by atoms with E-state index in [2.05, 4.69) is 6.92 Å². The van der Waals surface area contributed by atoms with E-state index in [1.807, 2.05) is 6.42 Å². The minimum atomic E-state index is -0.717. The maximum atomic E-state index is 10.1. The molecule has 0 aliphatic rings. The SMILES string of the molecule is CCCCCCCC[CH]CC(=O)O. The van der Waals surface area contributed by atoms with Crippen molar-refractivity contribution in [2.75, 3.05) is 0 Å². The fourth-order valence-electron chi connectivity index (χ4n) is 1.29. The molecule has 13 heavy (non-hydrogen) atoms. The number of hydrogen-bond donors (Lipinski definition) is 1. The van der Waals surface area contributed by atoms with Crippen LogP contribution in [0, 0.1) is 6.42 Å². The second-order valence-corrected chi connectivity index (χ2v) is 3.44. The van der Waals surface area contributed by atoms with Crippen LogP contribution in [0.2, 0.25) is 0 Å². The lowest BCUT2D eigenvalue weighted by molar-refractivity contribution is -0.136. The van der Waals surface area contributed by atoms with Crippen molar-refractivity contribution in [2.24, 2.45) is 0 Å². The summed E-state index contributed by atoms with van der Waals surface area (Å²) in [5, 5.41) is 8.35. The predicted molar refractivity (Wildman–Crippen MR) is 54.5 cm³/mol. The van der Waals surface area contributed by atoms with Crippen LogP contribution in [-0.2, 0) is 4.79 Å². The molecule has 0 unspecified atom stereocenters. The lowest BCUT2D eigenvalue weighted by atomic mass is 10.1. The highest BCUT2D eigenvalue weighted by molar-refractivity contribution is 5.67. The highest BCUT2D eigenvalue weighted by atomic mass is 16.4. The molecule has 0 aromatic rings. The van der Waals surface area contributed by atoms with E-state index in [9.17, 15) is 4.79 Å². The zero-order valence-electron chi connectivity index (χ0n) is 8.59. The maximum Gasteiger partial charge on any atom is 0.303 e. The second-order valence-electron chi connectivity index (χ2n) is 3.44. The Morgan fingerprint density at radius 3 is 2.38 bits per heavy atom. The second kappa shape index (κ2) is 9.56. The molecule has 0 saturated heterocycles. The van der Waals surface area contributed by atoms with Crippen molar-refractivity contribution >= 4 is 5.97 Å². The standard InChI is InChI=1S/C11H21O2/c1-2-3-4-5-6-7-8-9-10-11(12)13/h9H,2-8,10H2,1H3,(H,12,13). The summed E-state index contributed by atoms with van der Waals surface area (Å²) in [6, 6.07) is 0. The van der Waals surface area contributed by atoms with E-state index >= 15 is 0 Å². The molecule has 0 saturated carbocycles. The quantitative estimate of drug-likeness (QED) is 0.559. The van der Waals surface area contributed by atoms with Gasteiger partial charge in [-0.15, -0.1) is 0 Å². The van der Waals surface area contributed by atoms with Gasteiger partial charge in [0.25, 0.3) is 0 Å². The van der Waals surface area contributed by atoms with Gasteiger partial charge in [-0.2, -0.15) is 0 Å². The van der Waals surface area contributed by atoms with Gasteiger partial charge in [0.05, 0.1) is 0 Å². The third-order valence-electron chi connectivity index (χ3n) is 2.08. The molecule has 0 heterocycles. The molecule has 0 atom stereocenters. The zero-order chi connectivity index (χ0) is 9.94. The Morgan fingerprint density at radius 1 is 1.15 bits per heavy atom. The van der Waals surface area contributed by atoms with Gasteiger partial charge in [0.2, 0.25) is 0 Å². The molecule has 0 bridgehead atoms. The molecule has 0 fully saturated rings. The highest BCUT2D eigenvalue weighted by Gasteiger charge is 1.96. The normalized spacial score (nSPS) is 10.2. The summed E-state index contributed by atoms with van der Waals surface area (Å²) in [5.74, 6) is -0.717. The fraction of sp³-hybridized carbons (Fsp3) is 0.818. The van der Waals surface area contributed by atoms with Gasteiger partial charge in [-0.3, -0.25) is 4.79 Å². The van der Waals surface area contributed by atoms with E-state index in [-0.39, 0.29) is 6.42 Å². The monoisotopic (exact) mass is 185 g/mol. The summed E-state index contributed by atoms with van der Waals surface area (Å²) in [7, 11) is 0. The van der Waals surface area contributed by atoms with Crippen molar-refractivity contribution in [3.05, 3.63) is 6.42 Å². The van der Waals surface area contributed by atoms with E-state index in [0.717, 1.165) is 12.8 Å². The first kappa shape index (κ1) is 12.5. The number of hydrogen-bond acceptors (Lipinski definition) is 1. The molecule has 2 heteroatoms. The Bertz CT molecular complexity index is 121. The number of carboxylic acid groups (broad SMARTS) is 1. The molecule has 0 spiro atoms. The highest BCUT2D eigenvalue weighted by Crippen LogP contribution is 2.08. The largest absolute Gasteiger partial charge is 0.481 e. The Morgan fingerprint density at radius 2 is 1.77 bits per heavy atom.